The smallest absolute Gasteiger partial charge is 0.231 e. The van der Waals surface area contributed by atoms with Crippen LogP contribution in [0.25, 0.3) is 0 Å². The molecule has 0 atom stereocenters. The SMILES string of the molecule is NCC1(c2ccc3c(c2Cl)OCO3)CCC1. The molecule has 1 aromatic carbocycles. The summed E-state index contributed by atoms with van der Waals surface area (Å²) in [7, 11) is 0. The maximum Gasteiger partial charge on any atom is 0.231 e. The second-order valence-electron chi connectivity index (χ2n) is 4.50. The van der Waals surface area contributed by atoms with Crippen LogP contribution in [0.2, 0.25) is 5.02 Å². The molecule has 1 aliphatic carbocycles. The van der Waals surface area contributed by atoms with Crippen molar-refractivity contribution in [3.63, 3.8) is 0 Å². The number of halogens is 1. The summed E-state index contributed by atoms with van der Waals surface area (Å²) in [4.78, 5) is 0. The predicted molar refractivity (Wildman–Crippen MR) is 62.2 cm³/mol. The van der Waals surface area contributed by atoms with Crippen molar-refractivity contribution in [2.45, 2.75) is 24.7 Å². The normalized spacial score (nSPS) is 20.6. The van der Waals surface area contributed by atoms with E-state index in [1.54, 1.807) is 0 Å². The van der Waals surface area contributed by atoms with Gasteiger partial charge in [-0.3, -0.25) is 0 Å². The minimum absolute atomic E-state index is 0.0675. The van der Waals surface area contributed by atoms with Gasteiger partial charge >= 0.3 is 0 Å². The lowest BCUT2D eigenvalue weighted by Gasteiger charge is -2.42. The summed E-state index contributed by atoms with van der Waals surface area (Å²) >= 11 is 6.37. The van der Waals surface area contributed by atoms with Crippen LogP contribution in [0, 0.1) is 0 Å². The second kappa shape index (κ2) is 3.54. The molecular formula is C12H14ClNO2. The molecule has 2 aliphatic rings. The first-order valence-corrected chi connectivity index (χ1v) is 5.93. The molecule has 1 saturated carbocycles. The van der Waals surface area contributed by atoms with Crippen LogP contribution < -0.4 is 15.2 Å². The first-order chi connectivity index (χ1) is 7.77. The fourth-order valence-electron chi connectivity index (χ4n) is 2.53. The summed E-state index contributed by atoms with van der Waals surface area (Å²) in [6.45, 7) is 0.903. The van der Waals surface area contributed by atoms with Gasteiger partial charge in [-0.1, -0.05) is 24.1 Å². The molecule has 0 bridgehead atoms. The lowest BCUT2D eigenvalue weighted by molar-refractivity contribution is 0.173. The summed E-state index contributed by atoms with van der Waals surface area (Å²) in [6, 6.07) is 3.96. The largest absolute Gasteiger partial charge is 0.454 e. The first-order valence-electron chi connectivity index (χ1n) is 5.55. The summed E-state index contributed by atoms with van der Waals surface area (Å²) < 4.78 is 10.7. The molecule has 0 unspecified atom stereocenters. The second-order valence-corrected chi connectivity index (χ2v) is 4.88. The zero-order valence-corrected chi connectivity index (χ0v) is 9.72. The molecule has 16 heavy (non-hydrogen) atoms. The maximum atomic E-state index is 6.37. The van der Waals surface area contributed by atoms with E-state index in [9.17, 15) is 0 Å². The highest BCUT2D eigenvalue weighted by Gasteiger charge is 2.40. The van der Waals surface area contributed by atoms with Crippen LogP contribution in [0.1, 0.15) is 24.8 Å². The Morgan fingerprint density at radius 2 is 2.12 bits per heavy atom. The number of hydrogen-bond donors (Lipinski definition) is 1. The van der Waals surface area contributed by atoms with E-state index in [1.165, 1.54) is 6.42 Å². The van der Waals surface area contributed by atoms with Crippen LogP contribution in [-0.2, 0) is 5.41 Å². The minimum Gasteiger partial charge on any atom is -0.454 e. The van der Waals surface area contributed by atoms with Crippen molar-refractivity contribution in [3.05, 3.63) is 22.7 Å². The molecule has 1 aliphatic heterocycles. The Morgan fingerprint density at radius 3 is 2.75 bits per heavy atom. The fourth-order valence-corrected chi connectivity index (χ4v) is 2.95. The zero-order chi connectivity index (χ0) is 11.2. The Bertz CT molecular complexity index is 424. The molecular weight excluding hydrogens is 226 g/mol. The van der Waals surface area contributed by atoms with Crippen LogP contribution in [0.15, 0.2) is 12.1 Å². The summed E-state index contributed by atoms with van der Waals surface area (Å²) in [5.41, 5.74) is 7.07. The van der Waals surface area contributed by atoms with Gasteiger partial charge in [0.05, 0.1) is 5.02 Å². The Balaban J connectivity index is 2.08. The van der Waals surface area contributed by atoms with E-state index in [0.29, 0.717) is 17.3 Å². The number of fused-ring (bicyclic) bond motifs is 1. The van der Waals surface area contributed by atoms with Crippen molar-refractivity contribution >= 4 is 11.6 Å². The highest BCUT2D eigenvalue weighted by molar-refractivity contribution is 6.33. The monoisotopic (exact) mass is 239 g/mol. The Kier molecular flexibility index (Phi) is 2.26. The predicted octanol–water partition coefficient (Wildman–Crippen LogP) is 2.45. The molecule has 1 aromatic rings. The van der Waals surface area contributed by atoms with Gasteiger partial charge in [-0.25, -0.2) is 0 Å². The van der Waals surface area contributed by atoms with Gasteiger partial charge in [-0.15, -0.1) is 0 Å². The fraction of sp³-hybridized carbons (Fsp3) is 0.500. The van der Waals surface area contributed by atoms with Crippen molar-refractivity contribution in [2.24, 2.45) is 5.73 Å². The van der Waals surface area contributed by atoms with E-state index in [1.807, 2.05) is 12.1 Å². The van der Waals surface area contributed by atoms with Gasteiger partial charge in [-0.2, -0.15) is 0 Å². The Labute approximate surface area is 99.5 Å². The van der Waals surface area contributed by atoms with Gasteiger partial charge in [0.1, 0.15) is 0 Å². The molecule has 86 valence electrons. The van der Waals surface area contributed by atoms with Crippen molar-refractivity contribution in [1.29, 1.82) is 0 Å². The summed E-state index contributed by atoms with van der Waals surface area (Å²) in [5, 5.41) is 0.681. The molecule has 0 spiro atoms. The average molecular weight is 240 g/mol. The van der Waals surface area contributed by atoms with Gasteiger partial charge < -0.3 is 15.2 Å². The van der Waals surface area contributed by atoms with Crippen molar-refractivity contribution < 1.29 is 9.47 Å². The third kappa shape index (κ3) is 1.25. The third-order valence-corrected chi connectivity index (χ3v) is 4.13. The van der Waals surface area contributed by atoms with Crippen LogP contribution in [0.3, 0.4) is 0 Å². The van der Waals surface area contributed by atoms with Crippen LogP contribution in [0.4, 0.5) is 0 Å². The molecule has 3 nitrogen and oxygen atoms in total. The van der Waals surface area contributed by atoms with Gasteiger partial charge in [0, 0.05) is 12.0 Å². The zero-order valence-electron chi connectivity index (χ0n) is 8.96. The number of nitrogens with two attached hydrogens (primary N) is 1. The minimum atomic E-state index is 0.0675. The van der Waals surface area contributed by atoms with E-state index in [4.69, 9.17) is 26.8 Å². The van der Waals surface area contributed by atoms with E-state index < -0.39 is 0 Å². The molecule has 2 N–H and O–H groups in total. The van der Waals surface area contributed by atoms with Gasteiger partial charge in [0.15, 0.2) is 11.5 Å². The van der Waals surface area contributed by atoms with E-state index in [2.05, 4.69) is 0 Å². The van der Waals surface area contributed by atoms with Crippen molar-refractivity contribution in [3.8, 4) is 11.5 Å². The quantitative estimate of drug-likeness (QED) is 0.862. The topological polar surface area (TPSA) is 44.5 Å². The van der Waals surface area contributed by atoms with E-state index in [0.717, 1.165) is 24.2 Å². The number of hydrogen-bond acceptors (Lipinski definition) is 3. The molecule has 0 radical (unpaired) electrons. The van der Waals surface area contributed by atoms with E-state index >= 15 is 0 Å². The highest BCUT2D eigenvalue weighted by Crippen LogP contribution is 2.50. The van der Waals surface area contributed by atoms with Crippen molar-refractivity contribution in [1.82, 2.24) is 0 Å². The third-order valence-electron chi connectivity index (χ3n) is 3.75. The average Bonchev–Trinajstić information content (AvgIpc) is 2.69. The lowest BCUT2D eigenvalue weighted by Crippen LogP contribution is -2.41. The van der Waals surface area contributed by atoms with Crippen LogP contribution in [-0.4, -0.2) is 13.3 Å². The molecule has 1 fully saturated rings. The van der Waals surface area contributed by atoms with Gasteiger partial charge in [0.2, 0.25) is 6.79 Å². The summed E-state index contributed by atoms with van der Waals surface area (Å²) in [5.74, 6) is 1.42. The van der Waals surface area contributed by atoms with Crippen LogP contribution in [0.5, 0.6) is 11.5 Å². The van der Waals surface area contributed by atoms with Crippen molar-refractivity contribution in [2.75, 3.05) is 13.3 Å². The Morgan fingerprint density at radius 1 is 1.31 bits per heavy atom. The number of ether oxygens (including phenoxy) is 2. The molecule has 3 rings (SSSR count). The first kappa shape index (κ1) is 10.2. The molecule has 0 amide bonds. The molecule has 0 aromatic heterocycles. The van der Waals surface area contributed by atoms with Gasteiger partial charge in [0.25, 0.3) is 0 Å². The maximum absolute atomic E-state index is 6.37. The lowest BCUT2D eigenvalue weighted by atomic mass is 9.64. The Hall–Kier alpha value is -0.930. The summed E-state index contributed by atoms with van der Waals surface area (Å²) in [6.07, 6.45) is 3.45. The highest BCUT2D eigenvalue weighted by atomic mass is 35.5. The number of rotatable bonds is 2. The molecule has 0 saturated heterocycles. The van der Waals surface area contributed by atoms with Crippen LogP contribution >= 0.6 is 11.6 Å². The molecule has 1 heterocycles. The molecule has 4 heteroatoms. The van der Waals surface area contributed by atoms with E-state index in [-0.39, 0.29) is 12.2 Å². The van der Waals surface area contributed by atoms with Gasteiger partial charge in [-0.05, 0) is 24.5 Å². The number of benzene rings is 1. The standard InChI is InChI=1S/C12H14ClNO2/c13-10-8(12(6-14)4-1-5-12)2-3-9-11(10)16-7-15-9/h2-3H,1,4-7,14H2.